The fraction of sp³-hybridized carbons (Fsp3) is 0.304. The average Bonchev–Trinajstić information content (AvgIpc) is 3.42. The van der Waals surface area contributed by atoms with Gasteiger partial charge in [0.15, 0.2) is 0 Å². The molecule has 0 spiro atoms. The second kappa shape index (κ2) is 10.6. The molecule has 33 heavy (non-hydrogen) atoms. The molecule has 0 unspecified atom stereocenters. The number of amides is 2. The molecule has 0 bridgehead atoms. The Labute approximate surface area is 191 Å². The maximum Gasteiger partial charge on any atom is 0.317 e. The molecule has 10 heteroatoms. The van der Waals surface area contributed by atoms with E-state index in [1.807, 2.05) is 30.3 Å². The van der Waals surface area contributed by atoms with Crippen LogP contribution in [0.15, 0.2) is 54.7 Å². The monoisotopic (exact) mass is 452 g/mol. The molecule has 2 atom stereocenters. The molecule has 3 rings (SSSR count). The summed E-state index contributed by atoms with van der Waals surface area (Å²) in [5.74, 6) is -1.82. The van der Waals surface area contributed by atoms with Gasteiger partial charge in [-0.05, 0) is 23.6 Å². The third-order valence-electron chi connectivity index (χ3n) is 5.39. The van der Waals surface area contributed by atoms with Gasteiger partial charge in [-0.1, -0.05) is 42.5 Å². The van der Waals surface area contributed by atoms with Crippen LogP contribution in [0.25, 0.3) is 0 Å². The zero-order chi connectivity index (χ0) is 24.0. The van der Waals surface area contributed by atoms with E-state index >= 15 is 0 Å². The molecular weight excluding hydrogens is 424 g/mol. The largest absolute Gasteiger partial charge is 0.480 e. The van der Waals surface area contributed by atoms with Crippen molar-refractivity contribution in [3.8, 4) is 0 Å². The van der Waals surface area contributed by atoms with E-state index < -0.39 is 18.1 Å². The fourth-order valence-corrected chi connectivity index (χ4v) is 3.78. The molecule has 2 heterocycles. The van der Waals surface area contributed by atoms with Crippen molar-refractivity contribution in [3.05, 3.63) is 71.6 Å². The van der Waals surface area contributed by atoms with Gasteiger partial charge in [0.05, 0.1) is 18.3 Å². The van der Waals surface area contributed by atoms with Crippen molar-refractivity contribution >= 4 is 23.6 Å². The highest BCUT2D eigenvalue weighted by Crippen LogP contribution is 2.15. The number of nitrogens with zero attached hydrogens (tertiary/aromatic N) is 2. The lowest BCUT2D eigenvalue weighted by atomic mass is 10.0. The minimum Gasteiger partial charge on any atom is -0.480 e. The summed E-state index contributed by atoms with van der Waals surface area (Å²) in [5, 5.41) is 22.3. The second-order valence-corrected chi connectivity index (χ2v) is 7.86. The lowest BCUT2D eigenvalue weighted by Gasteiger charge is -2.28. The van der Waals surface area contributed by atoms with Crippen molar-refractivity contribution in [1.82, 2.24) is 20.1 Å². The maximum absolute atomic E-state index is 13.3. The molecule has 10 nitrogen and oxygen atoms in total. The molecule has 0 radical (unpaired) electrons. The lowest BCUT2D eigenvalue weighted by molar-refractivity contribution is -0.140. The molecule has 0 aliphatic carbocycles. The van der Waals surface area contributed by atoms with Crippen LogP contribution in [0.5, 0.6) is 0 Å². The number of aliphatic carboxylic acids is 1. The zero-order valence-corrected chi connectivity index (χ0v) is 18.3. The minimum atomic E-state index is -1.07. The predicted molar refractivity (Wildman–Crippen MR) is 122 cm³/mol. The number of nitrogens with one attached hydrogen (secondary N) is 3. The van der Waals surface area contributed by atoms with Gasteiger partial charge in [0.2, 0.25) is 11.8 Å². The normalized spacial score (nSPS) is 15.9. The highest BCUT2D eigenvalue weighted by molar-refractivity contribution is 5.94. The number of carbonyl (C=O) groups is 3. The van der Waals surface area contributed by atoms with E-state index in [-0.39, 0.29) is 37.3 Å². The standard InChI is InChI=1S/C23H28N6O4/c1-28-14-16(11-19(28)21(24)25)12-27-22(32)18-8-5-9-29(18)23(33)17(26-13-20(30)31)10-15-6-3-2-4-7-15/h2-8,11,14,17-18,26H,9-10,12-13H2,1H3,(H3,24,25)(H,27,32)(H,30,31)/t17-,18+/m1/s1. The van der Waals surface area contributed by atoms with Crippen LogP contribution >= 0.6 is 0 Å². The van der Waals surface area contributed by atoms with Crippen molar-refractivity contribution in [2.45, 2.75) is 25.0 Å². The molecule has 174 valence electrons. The first-order valence-corrected chi connectivity index (χ1v) is 10.5. The predicted octanol–water partition coefficient (Wildman–Crippen LogP) is -0.0221. The molecular formula is C23H28N6O4. The van der Waals surface area contributed by atoms with Crippen LogP contribution in [0.3, 0.4) is 0 Å². The summed E-state index contributed by atoms with van der Waals surface area (Å²) < 4.78 is 1.71. The van der Waals surface area contributed by atoms with Crippen molar-refractivity contribution < 1.29 is 19.5 Å². The Balaban J connectivity index is 1.67. The fourth-order valence-electron chi connectivity index (χ4n) is 3.78. The molecule has 1 aliphatic rings. The second-order valence-electron chi connectivity index (χ2n) is 7.86. The first-order valence-electron chi connectivity index (χ1n) is 10.5. The first-order chi connectivity index (χ1) is 15.8. The summed E-state index contributed by atoms with van der Waals surface area (Å²) in [7, 11) is 1.76. The summed E-state index contributed by atoms with van der Waals surface area (Å²) in [6, 6.07) is 9.44. The molecule has 2 aromatic rings. The number of carboxylic acids is 1. The van der Waals surface area contributed by atoms with Crippen LogP contribution < -0.4 is 16.4 Å². The molecule has 2 amide bonds. The van der Waals surface area contributed by atoms with Crippen molar-refractivity contribution in [2.75, 3.05) is 13.1 Å². The third kappa shape index (κ3) is 6.07. The summed E-state index contributed by atoms with van der Waals surface area (Å²) >= 11 is 0. The van der Waals surface area contributed by atoms with Gasteiger partial charge in [0, 0.05) is 26.3 Å². The van der Waals surface area contributed by atoms with E-state index in [0.717, 1.165) is 11.1 Å². The molecule has 0 saturated heterocycles. The number of carbonyl (C=O) groups excluding carboxylic acids is 2. The van der Waals surface area contributed by atoms with Gasteiger partial charge >= 0.3 is 5.97 Å². The van der Waals surface area contributed by atoms with Gasteiger partial charge in [0.25, 0.3) is 0 Å². The van der Waals surface area contributed by atoms with E-state index in [2.05, 4.69) is 10.6 Å². The van der Waals surface area contributed by atoms with Crippen LogP contribution in [0.1, 0.15) is 16.8 Å². The van der Waals surface area contributed by atoms with Crippen LogP contribution in [0, 0.1) is 5.41 Å². The van der Waals surface area contributed by atoms with Gasteiger partial charge in [0.1, 0.15) is 11.9 Å². The molecule has 0 fully saturated rings. The smallest absolute Gasteiger partial charge is 0.317 e. The summed E-state index contributed by atoms with van der Waals surface area (Å²) in [6.45, 7) is 0.113. The maximum atomic E-state index is 13.3. The van der Waals surface area contributed by atoms with Crippen LogP contribution in [0.2, 0.25) is 0 Å². The Morgan fingerprint density at radius 1 is 1.24 bits per heavy atom. The number of benzene rings is 1. The lowest BCUT2D eigenvalue weighted by Crippen LogP contribution is -2.54. The summed E-state index contributed by atoms with van der Waals surface area (Å²) in [6.07, 6.45) is 5.48. The minimum absolute atomic E-state index is 0.0658. The Kier molecular flexibility index (Phi) is 7.62. The Hall–Kier alpha value is -3.92. The Morgan fingerprint density at radius 3 is 2.61 bits per heavy atom. The van der Waals surface area contributed by atoms with E-state index in [0.29, 0.717) is 12.1 Å². The van der Waals surface area contributed by atoms with Gasteiger partial charge in [-0.25, -0.2) is 0 Å². The molecule has 0 saturated carbocycles. The summed E-state index contributed by atoms with van der Waals surface area (Å²) in [5.41, 5.74) is 7.75. The number of aromatic nitrogens is 1. The van der Waals surface area contributed by atoms with Gasteiger partial charge in [-0.3, -0.25) is 25.1 Å². The molecule has 1 aromatic heterocycles. The quantitative estimate of drug-likeness (QED) is 0.194. The number of aryl methyl sites for hydroxylation is 1. The first kappa shape index (κ1) is 23.7. The number of amidine groups is 1. The number of nitrogens with two attached hydrogens (primary N) is 1. The van der Waals surface area contributed by atoms with E-state index in [1.165, 1.54) is 4.90 Å². The van der Waals surface area contributed by atoms with Crippen LogP contribution in [-0.2, 0) is 34.4 Å². The van der Waals surface area contributed by atoms with Gasteiger partial charge in [-0.15, -0.1) is 0 Å². The number of hydrogen-bond donors (Lipinski definition) is 5. The van der Waals surface area contributed by atoms with E-state index in [4.69, 9.17) is 16.2 Å². The highest BCUT2D eigenvalue weighted by atomic mass is 16.4. The zero-order valence-electron chi connectivity index (χ0n) is 18.3. The SMILES string of the molecule is Cn1cc(CNC(=O)[C@@H]2C=CCN2C(=O)[C@@H](Cc2ccccc2)NCC(=O)O)cc1C(=N)N. The van der Waals surface area contributed by atoms with Crippen molar-refractivity contribution in [1.29, 1.82) is 5.41 Å². The summed E-state index contributed by atoms with van der Waals surface area (Å²) in [4.78, 5) is 38.7. The van der Waals surface area contributed by atoms with Gasteiger partial charge in [-0.2, -0.15) is 0 Å². The number of nitrogen functional groups attached to an aromatic ring is 1. The van der Waals surface area contributed by atoms with Crippen LogP contribution in [-0.4, -0.2) is 63.4 Å². The number of carboxylic acid groups (broad SMARTS) is 1. The molecule has 6 N–H and O–H groups in total. The Morgan fingerprint density at radius 2 is 1.97 bits per heavy atom. The van der Waals surface area contributed by atoms with E-state index in [1.54, 1.807) is 36.0 Å². The molecule has 1 aromatic carbocycles. The topological polar surface area (TPSA) is 154 Å². The average molecular weight is 453 g/mol. The Bertz CT molecular complexity index is 1060. The van der Waals surface area contributed by atoms with E-state index in [9.17, 15) is 14.4 Å². The third-order valence-corrected chi connectivity index (χ3v) is 5.39. The van der Waals surface area contributed by atoms with Crippen molar-refractivity contribution in [3.63, 3.8) is 0 Å². The number of rotatable bonds is 10. The van der Waals surface area contributed by atoms with Gasteiger partial charge < -0.3 is 25.6 Å². The highest BCUT2D eigenvalue weighted by Gasteiger charge is 2.34. The van der Waals surface area contributed by atoms with Crippen molar-refractivity contribution in [2.24, 2.45) is 12.8 Å². The number of hydrogen-bond acceptors (Lipinski definition) is 5. The van der Waals surface area contributed by atoms with Crippen LogP contribution in [0.4, 0.5) is 0 Å². The molecule has 1 aliphatic heterocycles.